The van der Waals surface area contributed by atoms with Crippen molar-refractivity contribution in [2.75, 3.05) is 18.0 Å². The smallest absolute Gasteiger partial charge is 0.243 e. The van der Waals surface area contributed by atoms with Gasteiger partial charge in [-0.15, -0.1) is 0 Å². The summed E-state index contributed by atoms with van der Waals surface area (Å²) in [5, 5.41) is 3.06. The number of hydrogen-bond donors (Lipinski definition) is 1. The van der Waals surface area contributed by atoms with E-state index in [0.29, 0.717) is 12.2 Å². The topological polar surface area (TPSA) is 32.3 Å². The molecule has 1 aromatic rings. The Balaban J connectivity index is 2.26. The number of rotatable bonds is 1. The number of halogens is 1. The van der Waals surface area contributed by atoms with Gasteiger partial charge >= 0.3 is 0 Å². The minimum Gasteiger partial charge on any atom is -0.310 e. The first kappa shape index (κ1) is 10.1. The van der Waals surface area contributed by atoms with Crippen LogP contribution in [0.3, 0.4) is 0 Å². The Morgan fingerprint density at radius 3 is 3.07 bits per heavy atom. The van der Waals surface area contributed by atoms with Crippen LogP contribution >= 0.6 is 0 Å². The Labute approximate surface area is 87.9 Å². The molecule has 1 saturated heterocycles. The molecule has 0 spiro atoms. The molecule has 2 rings (SSSR count). The van der Waals surface area contributed by atoms with Gasteiger partial charge in [0.25, 0.3) is 0 Å². The van der Waals surface area contributed by atoms with E-state index in [9.17, 15) is 9.18 Å². The third kappa shape index (κ3) is 1.99. The highest BCUT2D eigenvalue weighted by molar-refractivity contribution is 5.97. The van der Waals surface area contributed by atoms with Crippen LogP contribution in [0, 0.1) is 5.82 Å². The summed E-state index contributed by atoms with van der Waals surface area (Å²) in [6.07, 6.45) is 0. The molecule has 3 nitrogen and oxygen atoms in total. The largest absolute Gasteiger partial charge is 0.310 e. The molecule has 1 amide bonds. The van der Waals surface area contributed by atoms with Gasteiger partial charge in [-0.3, -0.25) is 4.79 Å². The van der Waals surface area contributed by atoms with Crippen LogP contribution in [0.15, 0.2) is 24.3 Å². The lowest BCUT2D eigenvalue weighted by atomic mass is 10.2. The molecule has 80 valence electrons. The van der Waals surface area contributed by atoms with Crippen molar-refractivity contribution in [3.8, 4) is 0 Å². The SMILES string of the molecule is CC1NCCN(c2cccc(F)c2)C1=O. The lowest BCUT2D eigenvalue weighted by Crippen LogP contribution is -2.53. The second kappa shape index (κ2) is 3.98. The molecule has 1 aliphatic heterocycles. The van der Waals surface area contributed by atoms with Gasteiger partial charge in [0.2, 0.25) is 5.91 Å². The third-order valence-corrected chi connectivity index (χ3v) is 2.54. The fourth-order valence-electron chi connectivity index (χ4n) is 1.72. The predicted octanol–water partition coefficient (Wildman–Crippen LogP) is 1.15. The number of benzene rings is 1. The van der Waals surface area contributed by atoms with Gasteiger partial charge in [0, 0.05) is 18.8 Å². The van der Waals surface area contributed by atoms with Crippen molar-refractivity contribution in [1.82, 2.24) is 5.32 Å². The van der Waals surface area contributed by atoms with E-state index >= 15 is 0 Å². The summed E-state index contributed by atoms with van der Waals surface area (Å²) in [5.74, 6) is -0.321. The second-order valence-corrected chi connectivity index (χ2v) is 3.65. The molecule has 1 unspecified atom stereocenters. The summed E-state index contributed by atoms with van der Waals surface area (Å²) in [4.78, 5) is 13.4. The molecular weight excluding hydrogens is 195 g/mol. The highest BCUT2D eigenvalue weighted by atomic mass is 19.1. The molecule has 4 heteroatoms. The third-order valence-electron chi connectivity index (χ3n) is 2.54. The number of piperazine rings is 1. The zero-order valence-electron chi connectivity index (χ0n) is 8.53. The monoisotopic (exact) mass is 208 g/mol. The second-order valence-electron chi connectivity index (χ2n) is 3.65. The van der Waals surface area contributed by atoms with Gasteiger partial charge in [-0.1, -0.05) is 6.07 Å². The lowest BCUT2D eigenvalue weighted by Gasteiger charge is -2.31. The van der Waals surface area contributed by atoms with Gasteiger partial charge in [0.1, 0.15) is 5.82 Å². The highest BCUT2D eigenvalue weighted by Crippen LogP contribution is 2.17. The number of nitrogens with one attached hydrogen (secondary N) is 1. The van der Waals surface area contributed by atoms with E-state index in [1.165, 1.54) is 12.1 Å². The van der Waals surface area contributed by atoms with Gasteiger partial charge in [0.15, 0.2) is 0 Å². The predicted molar refractivity (Wildman–Crippen MR) is 56.2 cm³/mol. The van der Waals surface area contributed by atoms with Crippen molar-refractivity contribution in [1.29, 1.82) is 0 Å². The van der Waals surface area contributed by atoms with Crippen LogP contribution in [0.5, 0.6) is 0 Å². The fourth-order valence-corrected chi connectivity index (χ4v) is 1.72. The molecule has 15 heavy (non-hydrogen) atoms. The Morgan fingerprint density at radius 1 is 1.53 bits per heavy atom. The Morgan fingerprint density at radius 2 is 2.33 bits per heavy atom. The van der Waals surface area contributed by atoms with Crippen molar-refractivity contribution in [3.05, 3.63) is 30.1 Å². The number of carbonyl (C=O) groups excluding carboxylic acids is 1. The average Bonchev–Trinajstić information content (AvgIpc) is 2.22. The van der Waals surface area contributed by atoms with E-state index in [4.69, 9.17) is 0 Å². The van der Waals surface area contributed by atoms with Crippen molar-refractivity contribution >= 4 is 11.6 Å². The molecule has 0 radical (unpaired) electrons. The molecule has 1 N–H and O–H groups in total. The standard InChI is InChI=1S/C11H13FN2O/c1-8-11(15)14(6-5-13-8)10-4-2-3-9(12)7-10/h2-4,7-8,13H,5-6H2,1H3. The Bertz CT molecular complexity index is 381. The molecule has 1 fully saturated rings. The van der Waals surface area contributed by atoms with E-state index in [1.807, 2.05) is 6.92 Å². The van der Waals surface area contributed by atoms with Gasteiger partial charge in [-0.2, -0.15) is 0 Å². The summed E-state index contributed by atoms with van der Waals surface area (Å²) in [6, 6.07) is 5.93. The summed E-state index contributed by atoms with van der Waals surface area (Å²) in [7, 11) is 0. The van der Waals surface area contributed by atoms with Gasteiger partial charge in [-0.05, 0) is 25.1 Å². The van der Waals surface area contributed by atoms with Gasteiger partial charge in [-0.25, -0.2) is 4.39 Å². The molecule has 1 aromatic carbocycles. The van der Waals surface area contributed by atoms with Crippen LogP contribution in [-0.2, 0) is 4.79 Å². The summed E-state index contributed by atoms with van der Waals surface area (Å²) >= 11 is 0. The summed E-state index contributed by atoms with van der Waals surface area (Å²) in [6.45, 7) is 3.14. The van der Waals surface area contributed by atoms with E-state index in [0.717, 1.165) is 6.54 Å². The minimum absolute atomic E-state index is 0.00755. The lowest BCUT2D eigenvalue weighted by molar-refractivity contribution is -0.121. The summed E-state index contributed by atoms with van der Waals surface area (Å²) in [5.41, 5.74) is 0.633. The first-order valence-electron chi connectivity index (χ1n) is 4.99. The molecule has 1 aliphatic rings. The number of anilines is 1. The molecule has 0 aromatic heterocycles. The van der Waals surface area contributed by atoms with E-state index in [1.54, 1.807) is 17.0 Å². The minimum atomic E-state index is -0.313. The molecule has 0 saturated carbocycles. The van der Waals surface area contributed by atoms with Crippen molar-refractivity contribution < 1.29 is 9.18 Å². The van der Waals surface area contributed by atoms with Crippen LogP contribution in [0.1, 0.15) is 6.92 Å². The van der Waals surface area contributed by atoms with E-state index < -0.39 is 0 Å². The van der Waals surface area contributed by atoms with Gasteiger partial charge < -0.3 is 10.2 Å². The van der Waals surface area contributed by atoms with Gasteiger partial charge in [0.05, 0.1) is 6.04 Å². The zero-order chi connectivity index (χ0) is 10.8. The molecule has 0 bridgehead atoms. The van der Waals surface area contributed by atoms with E-state index in [2.05, 4.69) is 5.32 Å². The molecule has 1 atom stereocenters. The summed E-state index contributed by atoms with van der Waals surface area (Å²) < 4.78 is 13.0. The van der Waals surface area contributed by atoms with Crippen LogP contribution in [0.2, 0.25) is 0 Å². The number of nitrogens with zero attached hydrogens (tertiary/aromatic N) is 1. The number of amides is 1. The molecular formula is C11H13FN2O. The Kier molecular flexibility index (Phi) is 2.68. The van der Waals surface area contributed by atoms with Crippen LogP contribution in [-0.4, -0.2) is 25.0 Å². The maximum atomic E-state index is 13.0. The maximum absolute atomic E-state index is 13.0. The quantitative estimate of drug-likeness (QED) is 0.751. The first-order valence-corrected chi connectivity index (χ1v) is 4.99. The zero-order valence-corrected chi connectivity index (χ0v) is 8.53. The average molecular weight is 208 g/mol. The molecule has 0 aliphatic carbocycles. The highest BCUT2D eigenvalue weighted by Gasteiger charge is 2.25. The normalized spacial score (nSPS) is 21.9. The van der Waals surface area contributed by atoms with Crippen LogP contribution in [0.4, 0.5) is 10.1 Å². The Hall–Kier alpha value is -1.42. The molecule has 1 heterocycles. The van der Waals surface area contributed by atoms with Crippen molar-refractivity contribution in [3.63, 3.8) is 0 Å². The van der Waals surface area contributed by atoms with Crippen LogP contribution in [0.25, 0.3) is 0 Å². The first-order chi connectivity index (χ1) is 7.18. The van der Waals surface area contributed by atoms with Crippen molar-refractivity contribution in [2.45, 2.75) is 13.0 Å². The number of hydrogen-bond acceptors (Lipinski definition) is 2. The van der Waals surface area contributed by atoms with Crippen LogP contribution < -0.4 is 10.2 Å². The fraction of sp³-hybridized carbons (Fsp3) is 0.364. The van der Waals surface area contributed by atoms with E-state index in [-0.39, 0.29) is 17.8 Å². The van der Waals surface area contributed by atoms with Crippen molar-refractivity contribution in [2.24, 2.45) is 0 Å². The number of carbonyl (C=O) groups is 1. The maximum Gasteiger partial charge on any atom is 0.243 e.